The maximum absolute atomic E-state index is 4.53. The van der Waals surface area contributed by atoms with E-state index in [-0.39, 0.29) is 0 Å². The molecule has 0 amide bonds. The van der Waals surface area contributed by atoms with Crippen molar-refractivity contribution in [2.45, 2.75) is 32.1 Å². The summed E-state index contributed by atoms with van der Waals surface area (Å²) in [5, 5.41) is 0. The second-order valence-electron chi connectivity index (χ2n) is 3.80. The van der Waals surface area contributed by atoms with Crippen LogP contribution < -0.4 is 0 Å². The van der Waals surface area contributed by atoms with Crippen molar-refractivity contribution in [2.24, 2.45) is 15.9 Å². The maximum atomic E-state index is 4.53. The van der Waals surface area contributed by atoms with Crippen LogP contribution in [0.3, 0.4) is 0 Å². The van der Waals surface area contributed by atoms with Crippen LogP contribution in [0.25, 0.3) is 0 Å². The van der Waals surface area contributed by atoms with Gasteiger partial charge in [0, 0.05) is 19.2 Å². The van der Waals surface area contributed by atoms with E-state index < -0.39 is 0 Å². The van der Waals surface area contributed by atoms with Crippen LogP contribution in [0, 0.1) is 5.92 Å². The Labute approximate surface area is 79.5 Å². The fourth-order valence-corrected chi connectivity index (χ4v) is 1.38. The van der Waals surface area contributed by atoms with E-state index in [2.05, 4.69) is 16.1 Å². The van der Waals surface area contributed by atoms with Gasteiger partial charge in [-0.15, -0.1) is 0 Å². The molecule has 2 aliphatic rings. The molecule has 0 bridgehead atoms. The number of hydrogen-bond acceptors (Lipinski definition) is 1. The molecule has 1 fully saturated rings. The SMILES string of the molecule is C1=NC(=NCC2CC2)CCC/C=C\1. The van der Waals surface area contributed by atoms with Crippen LogP contribution in [0.2, 0.25) is 0 Å². The molecule has 0 aromatic carbocycles. The lowest BCUT2D eigenvalue weighted by atomic mass is 10.2. The highest BCUT2D eigenvalue weighted by Crippen LogP contribution is 2.29. The number of nitrogens with zero attached hydrogens (tertiary/aromatic N) is 2. The smallest absolute Gasteiger partial charge is 0.123 e. The van der Waals surface area contributed by atoms with E-state index in [1.807, 2.05) is 12.3 Å². The number of allylic oxidation sites excluding steroid dienone is 2. The van der Waals surface area contributed by atoms with E-state index in [0.29, 0.717) is 0 Å². The molecule has 1 aliphatic carbocycles. The predicted octanol–water partition coefficient (Wildman–Crippen LogP) is 2.61. The number of amidine groups is 1. The van der Waals surface area contributed by atoms with Crippen LogP contribution in [0.15, 0.2) is 22.1 Å². The first-order valence-electron chi connectivity index (χ1n) is 5.17. The van der Waals surface area contributed by atoms with E-state index >= 15 is 0 Å². The van der Waals surface area contributed by atoms with Gasteiger partial charge in [0.25, 0.3) is 0 Å². The van der Waals surface area contributed by atoms with Crippen LogP contribution in [-0.2, 0) is 0 Å². The summed E-state index contributed by atoms with van der Waals surface area (Å²) < 4.78 is 0. The third-order valence-electron chi connectivity index (χ3n) is 2.45. The summed E-state index contributed by atoms with van der Waals surface area (Å²) in [7, 11) is 0. The first-order chi connectivity index (χ1) is 6.45. The molecule has 1 heterocycles. The normalized spacial score (nSPS) is 28.5. The minimum atomic E-state index is 0.878. The number of hydrogen-bond donors (Lipinski definition) is 0. The van der Waals surface area contributed by atoms with Crippen LogP contribution in [0.5, 0.6) is 0 Å². The van der Waals surface area contributed by atoms with Gasteiger partial charge in [-0.3, -0.25) is 4.99 Å². The Balaban J connectivity index is 1.90. The average molecular weight is 176 g/mol. The molecule has 13 heavy (non-hydrogen) atoms. The summed E-state index contributed by atoms with van der Waals surface area (Å²) in [5.74, 6) is 1.93. The largest absolute Gasteiger partial charge is 0.270 e. The first-order valence-corrected chi connectivity index (χ1v) is 5.17. The predicted molar refractivity (Wildman–Crippen MR) is 56.5 cm³/mol. The third-order valence-corrected chi connectivity index (χ3v) is 2.45. The highest BCUT2D eigenvalue weighted by atomic mass is 14.9. The Bertz CT molecular complexity index is 247. The Kier molecular flexibility index (Phi) is 2.90. The maximum Gasteiger partial charge on any atom is 0.123 e. The second-order valence-corrected chi connectivity index (χ2v) is 3.80. The van der Waals surface area contributed by atoms with Crippen LogP contribution in [0.1, 0.15) is 32.1 Å². The lowest BCUT2D eigenvalue weighted by Crippen LogP contribution is -1.99. The molecule has 0 spiro atoms. The van der Waals surface area contributed by atoms with Crippen molar-refractivity contribution in [2.75, 3.05) is 6.54 Å². The van der Waals surface area contributed by atoms with E-state index in [1.165, 1.54) is 19.3 Å². The van der Waals surface area contributed by atoms with Gasteiger partial charge in [0.05, 0.1) is 0 Å². The summed E-state index contributed by atoms with van der Waals surface area (Å²) in [6.07, 6.45) is 12.2. The van der Waals surface area contributed by atoms with E-state index in [0.717, 1.165) is 31.1 Å². The zero-order valence-electron chi connectivity index (χ0n) is 7.95. The Morgan fingerprint density at radius 1 is 1.46 bits per heavy atom. The Morgan fingerprint density at radius 3 is 3.23 bits per heavy atom. The monoisotopic (exact) mass is 176 g/mol. The van der Waals surface area contributed by atoms with Gasteiger partial charge >= 0.3 is 0 Å². The molecule has 2 rings (SSSR count). The molecule has 2 nitrogen and oxygen atoms in total. The first kappa shape index (κ1) is 8.67. The zero-order chi connectivity index (χ0) is 8.93. The van der Waals surface area contributed by atoms with Gasteiger partial charge in [-0.25, -0.2) is 4.99 Å². The van der Waals surface area contributed by atoms with Crippen molar-refractivity contribution in [3.8, 4) is 0 Å². The lowest BCUT2D eigenvalue weighted by Gasteiger charge is -2.01. The third kappa shape index (κ3) is 3.13. The summed E-state index contributed by atoms with van der Waals surface area (Å²) in [4.78, 5) is 8.85. The molecule has 0 unspecified atom stereocenters. The van der Waals surface area contributed by atoms with Crippen molar-refractivity contribution in [1.82, 2.24) is 0 Å². The van der Waals surface area contributed by atoms with Gasteiger partial charge in [0.1, 0.15) is 5.84 Å². The number of rotatable bonds is 2. The van der Waals surface area contributed by atoms with Gasteiger partial charge in [-0.2, -0.15) is 0 Å². The summed E-state index contributed by atoms with van der Waals surface area (Å²) in [6.45, 7) is 1.01. The molecule has 0 saturated heterocycles. The van der Waals surface area contributed by atoms with Gasteiger partial charge in [-0.1, -0.05) is 6.08 Å². The minimum Gasteiger partial charge on any atom is -0.270 e. The quantitative estimate of drug-likeness (QED) is 0.618. The summed E-state index contributed by atoms with van der Waals surface area (Å²) >= 11 is 0. The van der Waals surface area contributed by atoms with Crippen molar-refractivity contribution in [1.29, 1.82) is 0 Å². The van der Waals surface area contributed by atoms with Gasteiger partial charge < -0.3 is 0 Å². The molecule has 2 heteroatoms. The molecular formula is C11H16N2. The molecule has 0 N–H and O–H groups in total. The summed E-state index contributed by atoms with van der Waals surface area (Å²) in [6, 6.07) is 0. The van der Waals surface area contributed by atoms with Crippen molar-refractivity contribution in [3.63, 3.8) is 0 Å². The molecule has 70 valence electrons. The Hall–Kier alpha value is -0.920. The molecule has 0 radical (unpaired) electrons. The molecular weight excluding hydrogens is 160 g/mol. The van der Waals surface area contributed by atoms with Crippen molar-refractivity contribution >= 4 is 12.1 Å². The minimum absolute atomic E-state index is 0.878. The van der Waals surface area contributed by atoms with Gasteiger partial charge in [-0.05, 0) is 37.7 Å². The number of aliphatic imine (C=N–C) groups is 2. The van der Waals surface area contributed by atoms with Crippen molar-refractivity contribution < 1.29 is 0 Å². The van der Waals surface area contributed by atoms with Crippen LogP contribution in [-0.4, -0.2) is 18.6 Å². The topological polar surface area (TPSA) is 24.7 Å². The molecule has 0 aromatic rings. The highest BCUT2D eigenvalue weighted by Gasteiger charge is 2.20. The fourth-order valence-electron chi connectivity index (χ4n) is 1.38. The average Bonchev–Trinajstić information content (AvgIpc) is 2.85. The van der Waals surface area contributed by atoms with E-state index in [9.17, 15) is 0 Å². The van der Waals surface area contributed by atoms with E-state index in [1.54, 1.807) is 0 Å². The molecule has 0 atom stereocenters. The van der Waals surface area contributed by atoms with Crippen LogP contribution >= 0.6 is 0 Å². The lowest BCUT2D eigenvalue weighted by molar-refractivity contribution is 0.826. The second kappa shape index (κ2) is 4.35. The molecule has 1 saturated carbocycles. The molecule has 1 aliphatic heterocycles. The molecule has 0 aromatic heterocycles. The Morgan fingerprint density at radius 2 is 2.38 bits per heavy atom. The fraction of sp³-hybridized carbons (Fsp3) is 0.636. The van der Waals surface area contributed by atoms with Gasteiger partial charge in [0.2, 0.25) is 0 Å². The van der Waals surface area contributed by atoms with Crippen LogP contribution in [0.4, 0.5) is 0 Å². The van der Waals surface area contributed by atoms with Gasteiger partial charge in [0.15, 0.2) is 0 Å². The highest BCUT2D eigenvalue weighted by molar-refractivity contribution is 5.92. The standard InChI is InChI=1S/C11H16N2/c1-2-4-8-12-11(5-3-1)13-9-10-6-7-10/h2,4,8,10H,1,3,5-7,9H2/b4-2-,12-8?,13-11?. The zero-order valence-corrected chi connectivity index (χ0v) is 7.95. The van der Waals surface area contributed by atoms with Crippen molar-refractivity contribution in [3.05, 3.63) is 12.2 Å². The summed E-state index contributed by atoms with van der Waals surface area (Å²) in [5.41, 5.74) is 0. The van der Waals surface area contributed by atoms with E-state index in [4.69, 9.17) is 0 Å².